The summed E-state index contributed by atoms with van der Waals surface area (Å²) >= 11 is 0. The fourth-order valence-corrected chi connectivity index (χ4v) is 3.94. The summed E-state index contributed by atoms with van der Waals surface area (Å²) in [6, 6.07) is 5.99. The maximum Gasteiger partial charge on any atom is 0.129 e. The lowest BCUT2D eigenvalue weighted by Gasteiger charge is -2.46. The summed E-state index contributed by atoms with van der Waals surface area (Å²) in [5.41, 5.74) is 7.49. The molecule has 19 heavy (non-hydrogen) atoms. The molecule has 2 atom stereocenters. The van der Waals surface area contributed by atoms with Gasteiger partial charge < -0.3 is 10.6 Å². The quantitative estimate of drug-likeness (QED) is 0.884. The average Bonchev–Trinajstić information content (AvgIpc) is 2.46. The second-order valence-electron chi connectivity index (χ2n) is 5.89. The van der Waals surface area contributed by atoms with Crippen molar-refractivity contribution in [2.75, 3.05) is 11.4 Å². The monoisotopic (exact) mass is 262 g/mol. The van der Waals surface area contributed by atoms with Crippen molar-refractivity contribution in [3.8, 4) is 0 Å². The van der Waals surface area contributed by atoms with E-state index in [0.717, 1.165) is 18.2 Å². The van der Waals surface area contributed by atoms with Gasteiger partial charge in [0.25, 0.3) is 0 Å². The number of halogens is 1. The van der Waals surface area contributed by atoms with Crippen molar-refractivity contribution in [2.45, 2.75) is 51.1 Å². The van der Waals surface area contributed by atoms with E-state index in [-0.39, 0.29) is 12.4 Å². The van der Waals surface area contributed by atoms with Crippen LogP contribution in [0.25, 0.3) is 0 Å². The summed E-state index contributed by atoms with van der Waals surface area (Å²) in [5, 5.41) is 0. The zero-order chi connectivity index (χ0) is 13.2. The molecule has 2 nitrogen and oxygen atoms in total. The van der Waals surface area contributed by atoms with Gasteiger partial charge in [-0.25, -0.2) is 4.39 Å². The molecule has 0 amide bonds. The van der Waals surface area contributed by atoms with Crippen LogP contribution in [0.15, 0.2) is 18.2 Å². The molecule has 1 heterocycles. The van der Waals surface area contributed by atoms with Crippen LogP contribution in [0.2, 0.25) is 0 Å². The Morgan fingerprint density at radius 2 is 1.95 bits per heavy atom. The van der Waals surface area contributed by atoms with Gasteiger partial charge in [-0.1, -0.05) is 18.9 Å². The molecule has 1 aromatic rings. The van der Waals surface area contributed by atoms with Gasteiger partial charge in [0.15, 0.2) is 0 Å². The van der Waals surface area contributed by atoms with Crippen LogP contribution >= 0.6 is 0 Å². The Bertz CT molecular complexity index is 444. The number of nitrogens with two attached hydrogens (primary N) is 1. The molecule has 0 aromatic heterocycles. The lowest BCUT2D eigenvalue weighted by atomic mass is 9.78. The molecule has 0 radical (unpaired) electrons. The van der Waals surface area contributed by atoms with Gasteiger partial charge in [-0.3, -0.25) is 0 Å². The molecule has 0 spiro atoms. The molecule has 2 fully saturated rings. The van der Waals surface area contributed by atoms with Crippen LogP contribution in [0.3, 0.4) is 0 Å². The van der Waals surface area contributed by atoms with Gasteiger partial charge in [0, 0.05) is 30.4 Å². The van der Waals surface area contributed by atoms with Crippen molar-refractivity contribution in [3.63, 3.8) is 0 Å². The lowest BCUT2D eigenvalue weighted by molar-refractivity contribution is 0.243. The number of nitrogens with zero attached hydrogens (tertiary/aromatic N) is 1. The summed E-state index contributed by atoms with van der Waals surface area (Å²) in [7, 11) is 0. The highest BCUT2D eigenvalue weighted by Gasteiger charge is 2.34. The summed E-state index contributed by atoms with van der Waals surface area (Å²) in [5.74, 6) is 0.648. The zero-order valence-electron chi connectivity index (χ0n) is 11.4. The summed E-state index contributed by atoms with van der Waals surface area (Å²) in [6.45, 7) is 1.34. The topological polar surface area (TPSA) is 29.3 Å². The van der Waals surface area contributed by atoms with Gasteiger partial charge in [0.2, 0.25) is 0 Å². The van der Waals surface area contributed by atoms with Crippen molar-refractivity contribution in [1.29, 1.82) is 0 Å². The smallest absolute Gasteiger partial charge is 0.129 e. The number of piperidine rings is 1. The zero-order valence-corrected chi connectivity index (χ0v) is 11.4. The number of hydrogen-bond acceptors (Lipinski definition) is 2. The molecule has 2 aliphatic rings. The van der Waals surface area contributed by atoms with E-state index in [1.54, 1.807) is 0 Å². The van der Waals surface area contributed by atoms with Gasteiger partial charge >= 0.3 is 0 Å². The minimum absolute atomic E-state index is 0.155. The van der Waals surface area contributed by atoms with Crippen molar-refractivity contribution in [2.24, 2.45) is 11.7 Å². The first-order chi connectivity index (χ1) is 9.31. The number of benzene rings is 1. The maximum absolute atomic E-state index is 13.9. The number of hydrogen-bond donors (Lipinski definition) is 1. The Kier molecular flexibility index (Phi) is 3.74. The molecule has 1 aliphatic carbocycles. The van der Waals surface area contributed by atoms with Crippen molar-refractivity contribution >= 4 is 5.69 Å². The fraction of sp³-hybridized carbons (Fsp3) is 0.625. The molecule has 1 aliphatic heterocycles. The highest BCUT2D eigenvalue weighted by Crippen LogP contribution is 2.39. The molecule has 1 saturated heterocycles. The minimum Gasteiger partial charge on any atom is -0.368 e. The highest BCUT2D eigenvalue weighted by atomic mass is 19.1. The Balaban J connectivity index is 1.94. The molecule has 3 heteroatoms. The predicted molar refractivity (Wildman–Crippen MR) is 76.6 cm³/mol. The van der Waals surface area contributed by atoms with Crippen LogP contribution in [-0.4, -0.2) is 12.6 Å². The van der Waals surface area contributed by atoms with Crippen molar-refractivity contribution < 1.29 is 4.39 Å². The SMILES string of the molecule is NCc1c(F)cccc1N1CCC[C@H]2CCCC[C@H]21. The molecule has 1 saturated carbocycles. The summed E-state index contributed by atoms with van der Waals surface area (Å²) in [6.07, 6.45) is 7.84. The fourth-order valence-electron chi connectivity index (χ4n) is 3.94. The molecule has 0 bridgehead atoms. The van der Waals surface area contributed by atoms with Gasteiger partial charge in [-0.2, -0.15) is 0 Å². The van der Waals surface area contributed by atoms with Crippen molar-refractivity contribution in [1.82, 2.24) is 0 Å². The highest BCUT2D eigenvalue weighted by molar-refractivity contribution is 5.55. The summed E-state index contributed by atoms with van der Waals surface area (Å²) in [4.78, 5) is 2.44. The molecular formula is C16H23FN2. The lowest BCUT2D eigenvalue weighted by Crippen LogP contribution is -2.47. The molecule has 104 valence electrons. The Hall–Kier alpha value is -1.09. The van der Waals surface area contributed by atoms with Gasteiger partial charge in [-0.15, -0.1) is 0 Å². The normalized spacial score (nSPS) is 27.2. The van der Waals surface area contributed by atoms with Crippen LogP contribution in [0.5, 0.6) is 0 Å². The first-order valence-electron chi connectivity index (χ1n) is 7.55. The molecule has 1 aromatic carbocycles. The van der Waals surface area contributed by atoms with Crippen LogP contribution in [0, 0.1) is 11.7 Å². The maximum atomic E-state index is 13.9. The Labute approximate surface area is 114 Å². The van der Waals surface area contributed by atoms with E-state index in [9.17, 15) is 4.39 Å². The van der Waals surface area contributed by atoms with Gasteiger partial charge in [-0.05, 0) is 43.7 Å². The van der Waals surface area contributed by atoms with E-state index in [2.05, 4.69) is 4.90 Å². The number of anilines is 1. The van der Waals surface area contributed by atoms with Gasteiger partial charge in [0.1, 0.15) is 5.82 Å². The summed E-state index contributed by atoms with van der Waals surface area (Å²) < 4.78 is 13.9. The standard InChI is InChI=1S/C16H23FN2/c17-14-7-3-9-16(13(14)11-18)19-10-4-6-12-5-1-2-8-15(12)19/h3,7,9,12,15H,1-2,4-6,8,10-11,18H2/t12-,15-/m1/s1. The van der Waals surface area contributed by atoms with E-state index in [1.165, 1.54) is 44.6 Å². The van der Waals surface area contributed by atoms with E-state index < -0.39 is 0 Å². The first-order valence-corrected chi connectivity index (χ1v) is 7.55. The van der Waals surface area contributed by atoms with Gasteiger partial charge in [0.05, 0.1) is 0 Å². The minimum atomic E-state index is -0.155. The largest absolute Gasteiger partial charge is 0.368 e. The third-order valence-corrected chi connectivity index (χ3v) is 4.85. The molecule has 2 N–H and O–H groups in total. The number of fused-ring (bicyclic) bond motifs is 1. The van der Waals surface area contributed by atoms with E-state index in [4.69, 9.17) is 5.73 Å². The molecule has 3 rings (SSSR count). The van der Waals surface area contributed by atoms with E-state index in [0.29, 0.717) is 11.6 Å². The van der Waals surface area contributed by atoms with Crippen molar-refractivity contribution in [3.05, 3.63) is 29.6 Å². The third-order valence-electron chi connectivity index (χ3n) is 4.85. The first kappa shape index (κ1) is 12.9. The predicted octanol–water partition coefficient (Wildman–Crippen LogP) is 3.44. The second kappa shape index (κ2) is 5.49. The molecule has 0 unspecified atom stereocenters. The second-order valence-corrected chi connectivity index (χ2v) is 5.89. The van der Waals surface area contributed by atoms with Crippen LogP contribution in [0.4, 0.5) is 10.1 Å². The Morgan fingerprint density at radius 1 is 1.16 bits per heavy atom. The molecular weight excluding hydrogens is 239 g/mol. The van der Waals surface area contributed by atoms with Crippen LogP contribution in [0.1, 0.15) is 44.1 Å². The van der Waals surface area contributed by atoms with E-state index in [1.807, 2.05) is 12.1 Å². The Morgan fingerprint density at radius 3 is 2.79 bits per heavy atom. The van der Waals surface area contributed by atoms with Crippen LogP contribution < -0.4 is 10.6 Å². The average molecular weight is 262 g/mol. The van der Waals surface area contributed by atoms with Crippen LogP contribution in [-0.2, 0) is 6.54 Å². The third kappa shape index (κ3) is 2.36. The van der Waals surface area contributed by atoms with E-state index >= 15 is 0 Å². The number of rotatable bonds is 2.